The van der Waals surface area contributed by atoms with Gasteiger partial charge in [-0.05, 0) is 0 Å². The number of allylic oxidation sites excluding steroid dienone is 4. The molecule has 0 bridgehead atoms. The van der Waals surface area contributed by atoms with Crippen LogP contribution in [-0.2, 0) is 28.3 Å². The van der Waals surface area contributed by atoms with Gasteiger partial charge in [0.25, 0.3) is 0 Å². The van der Waals surface area contributed by atoms with E-state index in [2.05, 4.69) is 101 Å². The smallest absolute Gasteiger partial charge is 0.147 e. The SMILES string of the molecule is CC1=C(C)C(C)[C]([Ti]([O]c2cc(C(C)(C)C)cc(C(C)(C)C)c2)[SiH](C)C)=C1C.Cl.Cl. The number of hydrogen-bond donors (Lipinski definition) is 0. The molecule has 0 N–H and O–H groups in total. The van der Waals surface area contributed by atoms with Gasteiger partial charge in [-0.1, -0.05) is 0 Å². The van der Waals surface area contributed by atoms with Gasteiger partial charge in [-0.25, -0.2) is 0 Å². The third-order valence-electron chi connectivity index (χ3n) is 6.30. The molecule has 1 aliphatic rings. The van der Waals surface area contributed by atoms with Crippen molar-refractivity contribution in [1.29, 1.82) is 0 Å². The van der Waals surface area contributed by atoms with Gasteiger partial charge < -0.3 is 0 Å². The number of rotatable bonds is 4. The molecular formula is C25H43Cl2OSiTi. The molecule has 1 aromatic carbocycles. The predicted octanol–water partition coefficient (Wildman–Crippen LogP) is 8.28. The molecule has 0 heterocycles. The maximum absolute atomic E-state index is 7.01. The van der Waals surface area contributed by atoms with Gasteiger partial charge in [0.05, 0.1) is 0 Å². The molecule has 0 fully saturated rings. The van der Waals surface area contributed by atoms with Crippen molar-refractivity contribution in [3.05, 3.63) is 49.9 Å². The Kier molecular flexibility index (Phi) is 10.8. The van der Waals surface area contributed by atoms with Crippen LogP contribution in [-0.4, -0.2) is 6.66 Å². The molecule has 1 unspecified atom stereocenters. The summed E-state index contributed by atoms with van der Waals surface area (Å²) in [7, 11) is 0. The molecule has 0 radical (unpaired) electrons. The van der Waals surface area contributed by atoms with Crippen molar-refractivity contribution >= 4 is 31.5 Å². The van der Waals surface area contributed by atoms with Gasteiger partial charge in [-0.3, -0.25) is 0 Å². The Hall–Kier alpha value is 0.0112. The minimum Gasteiger partial charge on any atom is -0.147 e. The Morgan fingerprint density at radius 2 is 1.23 bits per heavy atom. The normalized spacial score (nSPS) is 17.2. The fraction of sp³-hybridized carbons (Fsp3) is 0.600. The first-order valence-corrected chi connectivity index (χ1v) is 17.7. The molecule has 0 saturated heterocycles. The molecule has 171 valence electrons. The van der Waals surface area contributed by atoms with E-state index >= 15 is 0 Å². The third-order valence-corrected chi connectivity index (χ3v) is 16.8. The summed E-state index contributed by atoms with van der Waals surface area (Å²) < 4.78 is 8.70. The van der Waals surface area contributed by atoms with E-state index in [0.29, 0.717) is 5.92 Å². The summed E-state index contributed by atoms with van der Waals surface area (Å²) in [5, 5.41) is 0. The molecule has 0 saturated carbocycles. The van der Waals surface area contributed by atoms with Crippen LogP contribution < -0.4 is 3.32 Å². The van der Waals surface area contributed by atoms with Crippen LogP contribution in [0.4, 0.5) is 0 Å². The van der Waals surface area contributed by atoms with Crippen molar-refractivity contribution in [3.63, 3.8) is 0 Å². The summed E-state index contributed by atoms with van der Waals surface area (Å²) in [4.78, 5) is 0. The van der Waals surface area contributed by atoms with E-state index in [0.717, 1.165) is 5.75 Å². The average Bonchev–Trinajstić information content (AvgIpc) is 2.74. The van der Waals surface area contributed by atoms with E-state index in [1.165, 1.54) is 22.3 Å². The Labute approximate surface area is 206 Å². The van der Waals surface area contributed by atoms with Crippen LogP contribution in [0.15, 0.2) is 38.8 Å². The van der Waals surface area contributed by atoms with Crippen molar-refractivity contribution in [2.75, 3.05) is 0 Å². The Morgan fingerprint density at radius 3 is 1.53 bits per heavy atom. The van der Waals surface area contributed by atoms with Crippen molar-refractivity contribution in [3.8, 4) is 5.75 Å². The summed E-state index contributed by atoms with van der Waals surface area (Å²) in [6.45, 7) is 27.2. The molecule has 1 aliphatic carbocycles. The molecule has 0 aromatic heterocycles. The second-order valence-corrected chi connectivity index (χ2v) is 23.1. The van der Waals surface area contributed by atoms with Gasteiger partial charge in [0, 0.05) is 0 Å². The van der Waals surface area contributed by atoms with E-state index in [4.69, 9.17) is 3.32 Å². The second-order valence-electron chi connectivity index (χ2n) is 10.9. The van der Waals surface area contributed by atoms with E-state index in [1.54, 1.807) is 9.45 Å². The molecule has 1 nitrogen and oxygen atoms in total. The fourth-order valence-electron chi connectivity index (χ4n) is 3.90. The van der Waals surface area contributed by atoms with Crippen LogP contribution in [0.5, 0.6) is 5.75 Å². The zero-order valence-electron chi connectivity index (χ0n) is 21.1. The summed E-state index contributed by atoms with van der Waals surface area (Å²) in [5.41, 5.74) is 7.60. The molecule has 1 aromatic rings. The molecule has 0 aliphatic heterocycles. The van der Waals surface area contributed by atoms with E-state index < -0.39 is 24.2 Å². The minimum atomic E-state index is -1.79. The van der Waals surface area contributed by atoms with Gasteiger partial charge in [0.15, 0.2) is 0 Å². The summed E-state index contributed by atoms with van der Waals surface area (Å²) in [6.07, 6.45) is 0. The van der Waals surface area contributed by atoms with Crippen molar-refractivity contribution < 1.29 is 20.8 Å². The Bertz CT molecular complexity index is 781. The third kappa shape index (κ3) is 6.51. The first-order valence-electron chi connectivity index (χ1n) is 10.7. The molecule has 0 spiro atoms. The van der Waals surface area contributed by atoms with Crippen molar-refractivity contribution in [2.24, 2.45) is 5.92 Å². The monoisotopic (exact) mass is 505 g/mol. The summed E-state index contributed by atoms with van der Waals surface area (Å²) in [5.74, 6) is 1.68. The van der Waals surface area contributed by atoms with Crippen LogP contribution in [0, 0.1) is 5.92 Å². The van der Waals surface area contributed by atoms with Crippen LogP contribution >= 0.6 is 24.8 Å². The second kappa shape index (κ2) is 10.8. The molecule has 30 heavy (non-hydrogen) atoms. The first kappa shape index (κ1) is 30.0. The summed E-state index contributed by atoms with van der Waals surface area (Å²) in [6, 6.07) is 7.03. The summed E-state index contributed by atoms with van der Waals surface area (Å²) >= 11 is -1.79. The van der Waals surface area contributed by atoms with Gasteiger partial charge >= 0.3 is 182 Å². The Balaban J connectivity index is 0.00000420. The number of hydrogen-bond acceptors (Lipinski definition) is 1. The van der Waals surface area contributed by atoms with Crippen LogP contribution in [0.2, 0.25) is 13.1 Å². The van der Waals surface area contributed by atoms with Crippen molar-refractivity contribution in [1.82, 2.24) is 0 Å². The van der Waals surface area contributed by atoms with E-state index in [-0.39, 0.29) is 35.6 Å². The standard InChI is InChI=1S/C14H22O.C9H13.C2H7Si.2ClH.Ti/c1-13(2,3)10-7-11(14(4,5)6)9-12(15)8-10;1-6-5-7(2)9(4)8(6)3;1-3-2;;;/h7-9,15H,1-6H3;6H,1-4H3;3H,1-2H3;2*1H;/q;;;;;+1/p-1. The molecule has 2 rings (SSSR count). The zero-order chi connectivity index (χ0) is 21.6. The van der Waals surface area contributed by atoms with E-state index in [1.807, 2.05) is 0 Å². The predicted molar refractivity (Wildman–Crippen MR) is 138 cm³/mol. The first-order chi connectivity index (χ1) is 12.6. The quantitative estimate of drug-likeness (QED) is 0.374. The Morgan fingerprint density at radius 1 is 0.800 bits per heavy atom. The maximum atomic E-state index is 7.01. The van der Waals surface area contributed by atoms with E-state index in [9.17, 15) is 0 Å². The largest absolute Gasteiger partial charge is 0.147 e. The van der Waals surface area contributed by atoms with Gasteiger partial charge in [0.1, 0.15) is 0 Å². The zero-order valence-corrected chi connectivity index (χ0v) is 25.5. The van der Waals surface area contributed by atoms with Crippen LogP contribution in [0.1, 0.15) is 80.4 Å². The van der Waals surface area contributed by atoms with Gasteiger partial charge in [0.2, 0.25) is 0 Å². The van der Waals surface area contributed by atoms with Crippen LogP contribution in [0.3, 0.4) is 0 Å². The minimum absolute atomic E-state index is 0. The van der Waals surface area contributed by atoms with Crippen molar-refractivity contribution in [2.45, 2.75) is 93.2 Å². The molecular weight excluding hydrogens is 463 g/mol. The maximum Gasteiger partial charge on any atom is -0.147 e. The average molecular weight is 506 g/mol. The number of benzene rings is 1. The number of halogens is 2. The molecule has 1 atom stereocenters. The van der Waals surface area contributed by atoms with Crippen LogP contribution in [0.25, 0.3) is 0 Å². The molecule has 0 amide bonds. The topological polar surface area (TPSA) is 9.23 Å². The molecule has 5 heteroatoms. The van der Waals surface area contributed by atoms with Gasteiger partial charge in [-0.15, -0.1) is 24.8 Å². The van der Waals surface area contributed by atoms with Gasteiger partial charge in [-0.2, -0.15) is 0 Å². The fourth-order valence-corrected chi connectivity index (χ4v) is 13.9.